The quantitative estimate of drug-likeness (QED) is 0.422. The molecule has 1 unspecified atom stereocenters. The lowest BCUT2D eigenvalue weighted by atomic mass is 10.4. The zero-order valence-corrected chi connectivity index (χ0v) is 9.86. The molecule has 0 amide bonds. The molecule has 0 aromatic carbocycles. The Kier molecular flexibility index (Phi) is 4.80. The van der Waals surface area contributed by atoms with Crippen LogP contribution in [-0.2, 0) is 9.71 Å². The standard InChI is InChI=1S/C10H18N2OS/c1-6-12(4)14(5,13)10(3)8-7-9(2)11/h7-8,11H,3,5-6H2,1-2,4H3/b8-7-,11-9?. The van der Waals surface area contributed by atoms with Crippen molar-refractivity contribution >= 4 is 21.3 Å². The second-order valence-electron chi connectivity index (χ2n) is 3.07. The van der Waals surface area contributed by atoms with Crippen molar-refractivity contribution in [2.24, 2.45) is 0 Å². The predicted octanol–water partition coefficient (Wildman–Crippen LogP) is 1.68. The maximum atomic E-state index is 12.0. The summed E-state index contributed by atoms with van der Waals surface area (Å²) < 4.78 is 13.7. The molecule has 0 spiro atoms. The lowest BCUT2D eigenvalue weighted by Gasteiger charge is -2.19. The number of hydrogen-bond acceptors (Lipinski definition) is 2. The Balaban J connectivity index is 4.78. The van der Waals surface area contributed by atoms with Crippen molar-refractivity contribution in [3.8, 4) is 0 Å². The van der Waals surface area contributed by atoms with Crippen molar-refractivity contribution < 1.29 is 4.21 Å². The topological polar surface area (TPSA) is 44.2 Å². The lowest BCUT2D eigenvalue weighted by Crippen LogP contribution is -2.26. The molecule has 0 aliphatic heterocycles. The van der Waals surface area contributed by atoms with Crippen molar-refractivity contribution in [1.29, 1.82) is 5.41 Å². The van der Waals surface area contributed by atoms with E-state index >= 15 is 0 Å². The molecule has 0 aliphatic carbocycles. The monoisotopic (exact) mass is 214 g/mol. The van der Waals surface area contributed by atoms with Gasteiger partial charge in [-0.1, -0.05) is 13.5 Å². The van der Waals surface area contributed by atoms with Crippen LogP contribution in [0, 0.1) is 5.41 Å². The van der Waals surface area contributed by atoms with E-state index in [2.05, 4.69) is 12.4 Å². The van der Waals surface area contributed by atoms with Gasteiger partial charge in [-0.25, -0.2) is 8.51 Å². The van der Waals surface area contributed by atoms with Crippen LogP contribution in [0.5, 0.6) is 0 Å². The third kappa shape index (κ3) is 3.47. The van der Waals surface area contributed by atoms with Gasteiger partial charge in [-0.3, -0.25) is 0 Å². The molecule has 0 rings (SSSR count). The van der Waals surface area contributed by atoms with E-state index in [1.165, 1.54) is 0 Å². The van der Waals surface area contributed by atoms with Gasteiger partial charge in [-0.2, -0.15) is 0 Å². The molecule has 1 N–H and O–H groups in total. The summed E-state index contributed by atoms with van der Waals surface area (Å²) in [6, 6.07) is 0. The van der Waals surface area contributed by atoms with Crippen LogP contribution in [0.25, 0.3) is 0 Å². The third-order valence-corrected chi connectivity index (χ3v) is 4.10. The molecule has 0 aromatic heterocycles. The molecule has 0 fully saturated rings. The Bertz CT molecular complexity index is 352. The molecule has 0 aromatic rings. The van der Waals surface area contributed by atoms with E-state index in [9.17, 15) is 4.21 Å². The van der Waals surface area contributed by atoms with Crippen LogP contribution in [0.1, 0.15) is 13.8 Å². The van der Waals surface area contributed by atoms with Gasteiger partial charge in [-0.15, -0.1) is 0 Å². The maximum Gasteiger partial charge on any atom is 0.0549 e. The molecular weight excluding hydrogens is 196 g/mol. The predicted molar refractivity (Wildman–Crippen MR) is 65.2 cm³/mol. The normalized spacial score (nSPS) is 15.7. The number of nitrogens with zero attached hydrogens (tertiary/aromatic N) is 1. The fraction of sp³-hybridized carbons (Fsp3) is 0.400. The molecule has 0 radical (unpaired) electrons. The fourth-order valence-corrected chi connectivity index (χ4v) is 1.83. The van der Waals surface area contributed by atoms with Gasteiger partial charge in [0, 0.05) is 17.2 Å². The summed E-state index contributed by atoms with van der Waals surface area (Å²) in [7, 11) is -0.688. The van der Waals surface area contributed by atoms with Crippen LogP contribution in [0.2, 0.25) is 0 Å². The first-order valence-electron chi connectivity index (χ1n) is 4.33. The minimum Gasteiger partial charge on any atom is -0.306 e. The summed E-state index contributed by atoms with van der Waals surface area (Å²) >= 11 is 0. The van der Waals surface area contributed by atoms with Gasteiger partial charge in [0.15, 0.2) is 0 Å². The van der Waals surface area contributed by atoms with E-state index in [4.69, 9.17) is 5.41 Å². The van der Waals surface area contributed by atoms with Gasteiger partial charge >= 0.3 is 0 Å². The van der Waals surface area contributed by atoms with Crippen LogP contribution in [0.3, 0.4) is 0 Å². The SMILES string of the molecule is C=C(/C=C\C(C)=N)S(=C)(=O)N(C)CC. The van der Waals surface area contributed by atoms with Gasteiger partial charge in [-0.05, 0) is 32.0 Å². The average Bonchev–Trinajstić information content (AvgIpc) is 2.12. The Labute approximate surface area is 86.8 Å². The maximum absolute atomic E-state index is 12.0. The number of hydrogen-bond donors (Lipinski definition) is 1. The molecule has 0 bridgehead atoms. The largest absolute Gasteiger partial charge is 0.306 e. The Hall–Kier alpha value is -0.870. The second kappa shape index (κ2) is 5.12. The van der Waals surface area contributed by atoms with Crippen molar-refractivity contribution in [3.05, 3.63) is 23.6 Å². The van der Waals surface area contributed by atoms with Gasteiger partial charge in [0.25, 0.3) is 0 Å². The highest BCUT2D eigenvalue weighted by Gasteiger charge is 2.10. The summed E-state index contributed by atoms with van der Waals surface area (Å²) in [5.74, 6) is 3.65. The van der Waals surface area contributed by atoms with Crippen LogP contribution in [0.4, 0.5) is 0 Å². The van der Waals surface area contributed by atoms with Gasteiger partial charge < -0.3 is 5.41 Å². The summed E-state index contributed by atoms with van der Waals surface area (Å²) in [4.78, 5) is 0.452. The van der Waals surface area contributed by atoms with E-state index in [0.717, 1.165) is 0 Å². The molecule has 0 saturated heterocycles. The minimum atomic E-state index is -2.43. The first-order chi connectivity index (χ1) is 6.32. The fourth-order valence-electron chi connectivity index (χ4n) is 0.733. The average molecular weight is 214 g/mol. The molecule has 0 saturated carbocycles. The van der Waals surface area contributed by atoms with Gasteiger partial charge in [0.05, 0.1) is 9.71 Å². The Morgan fingerprint density at radius 3 is 2.43 bits per heavy atom. The van der Waals surface area contributed by atoms with E-state index in [1.807, 2.05) is 6.92 Å². The smallest absolute Gasteiger partial charge is 0.0549 e. The highest BCUT2D eigenvalue weighted by atomic mass is 32.2. The number of allylic oxidation sites excluding steroid dienone is 2. The Morgan fingerprint density at radius 1 is 1.57 bits per heavy atom. The number of rotatable bonds is 5. The van der Waals surface area contributed by atoms with Crippen molar-refractivity contribution in [1.82, 2.24) is 4.31 Å². The third-order valence-electron chi connectivity index (χ3n) is 1.88. The van der Waals surface area contributed by atoms with E-state index in [1.54, 1.807) is 30.4 Å². The van der Waals surface area contributed by atoms with Gasteiger partial charge in [0.2, 0.25) is 0 Å². The van der Waals surface area contributed by atoms with Crippen LogP contribution >= 0.6 is 0 Å². The highest BCUT2D eigenvalue weighted by Crippen LogP contribution is 2.10. The molecule has 4 heteroatoms. The first-order valence-corrected chi connectivity index (χ1v) is 6.01. The molecule has 80 valence electrons. The minimum absolute atomic E-state index is 0.403. The van der Waals surface area contributed by atoms with Crippen molar-refractivity contribution in [3.63, 3.8) is 0 Å². The second-order valence-corrected chi connectivity index (χ2v) is 5.50. The zero-order valence-electron chi connectivity index (χ0n) is 9.04. The van der Waals surface area contributed by atoms with E-state index < -0.39 is 9.71 Å². The highest BCUT2D eigenvalue weighted by molar-refractivity contribution is 8.01. The van der Waals surface area contributed by atoms with Crippen LogP contribution in [0.15, 0.2) is 23.6 Å². The molecule has 14 heavy (non-hydrogen) atoms. The zero-order chi connectivity index (χ0) is 11.4. The molecule has 0 aliphatic rings. The van der Waals surface area contributed by atoms with Gasteiger partial charge in [0.1, 0.15) is 0 Å². The van der Waals surface area contributed by atoms with Crippen molar-refractivity contribution in [2.75, 3.05) is 13.6 Å². The molecule has 3 nitrogen and oxygen atoms in total. The summed E-state index contributed by atoms with van der Waals surface area (Å²) in [6.07, 6.45) is 3.15. The van der Waals surface area contributed by atoms with Crippen LogP contribution < -0.4 is 0 Å². The number of nitrogens with one attached hydrogen (secondary N) is 1. The summed E-state index contributed by atoms with van der Waals surface area (Å²) in [6.45, 7) is 7.91. The Morgan fingerprint density at radius 2 is 2.07 bits per heavy atom. The summed E-state index contributed by atoms with van der Waals surface area (Å²) in [5.41, 5.74) is 0.403. The lowest BCUT2D eigenvalue weighted by molar-refractivity contribution is 0.551. The summed E-state index contributed by atoms with van der Waals surface area (Å²) in [5, 5.41) is 7.19. The molecular formula is C10H18N2OS. The molecule has 1 atom stereocenters. The van der Waals surface area contributed by atoms with E-state index in [-0.39, 0.29) is 0 Å². The van der Waals surface area contributed by atoms with Crippen LogP contribution in [-0.4, -0.2) is 33.7 Å². The molecule has 0 heterocycles. The first kappa shape index (κ1) is 13.1. The van der Waals surface area contributed by atoms with Crippen molar-refractivity contribution in [2.45, 2.75) is 13.8 Å². The van der Waals surface area contributed by atoms with E-state index in [0.29, 0.717) is 17.2 Å².